The van der Waals surface area contributed by atoms with Crippen molar-refractivity contribution in [3.8, 4) is 0 Å². The lowest BCUT2D eigenvalue weighted by Crippen LogP contribution is -2.27. The van der Waals surface area contributed by atoms with Gasteiger partial charge < -0.3 is 22.9 Å². The van der Waals surface area contributed by atoms with Gasteiger partial charge in [-0.15, -0.1) is 0 Å². The Labute approximate surface area is 215 Å². The smallest absolute Gasteiger partial charge is 0.220 e. The van der Waals surface area contributed by atoms with E-state index >= 15 is 0 Å². The number of rotatable bonds is 22. The van der Waals surface area contributed by atoms with Crippen LogP contribution in [0, 0.1) is 11.8 Å². The predicted molar refractivity (Wildman–Crippen MR) is 142 cm³/mol. The number of primary amides is 4. The largest absolute Gasteiger partial charge is 0.370 e. The predicted octanol–water partition coefficient (Wildman–Crippen LogP) is 3.41. The summed E-state index contributed by atoms with van der Waals surface area (Å²) in [6.45, 7) is 0. The van der Waals surface area contributed by atoms with Crippen LogP contribution in [0.4, 0.5) is 0 Å². The van der Waals surface area contributed by atoms with Crippen molar-refractivity contribution in [3.63, 3.8) is 0 Å². The van der Waals surface area contributed by atoms with Crippen LogP contribution in [-0.4, -0.2) is 23.6 Å². The minimum atomic E-state index is -0.304. The number of carbonyl (C=O) groups excluding carboxylic acids is 4. The lowest BCUT2D eigenvalue weighted by Gasteiger charge is -2.19. The van der Waals surface area contributed by atoms with Gasteiger partial charge in [0.15, 0.2) is 0 Å². The highest BCUT2D eigenvalue weighted by Gasteiger charge is 2.21. The zero-order valence-electron chi connectivity index (χ0n) is 21.7. The zero-order valence-corrected chi connectivity index (χ0v) is 21.7. The summed E-state index contributed by atoms with van der Waals surface area (Å²) in [7, 11) is 0. The highest BCUT2D eigenvalue weighted by molar-refractivity contribution is 5.78. The Kier molecular flexibility index (Phi) is 15.9. The minimum Gasteiger partial charge on any atom is -0.370 e. The maximum Gasteiger partial charge on any atom is 0.220 e. The summed E-state index contributed by atoms with van der Waals surface area (Å²) < 4.78 is 0. The quantitative estimate of drug-likeness (QED) is 0.178. The van der Waals surface area contributed by atoms with E-state index in [1.165, 1.54) is 0 Å². The Morgan fingerprint density at radius 3 is 1.19 bits per heavy atom. The molecule has 0 aromatic heterocycles. The molecule has 0 aliphatic heterocycles. The van der Waals surface area contributed by atoms with Crippen LogP contribution in [-0.2, 0) is 32.0 Å². The molecule has 1 aromatic rings. The van der Waals surface area contributed by atoms with E-state index in [0.29, 0.717) is 38.5 Å². The average Bonchev–Trinajstić information content (AvgIpc) is 2.81. The standard InChI is InChI=1S/C28H46N4O4/c29-25(33)17-9-5-1-3-7-15-23(27(31)35)19-21-13-11-12-14-22(21)20-24(28(32)36)16-8-4-2-6-10-18-26(30)34/h11-14,23-24H,1-10,15-20H2,(H2,29,33)(H2,30,34)(H2,31,35)(H2,32,36). The minimum absolute atomic E-state index is 0.260. The van der Waals surface area contributed by atoms with E-state index in [-0.39, 0.29) is 35.5 Å². The van der Waals surface area contributed by atoms with E-state index in [2.05, 4.69) is 0 Å². The molecule has 0 radical (unpaired) electrons. The number of unbranched alkanes of at least 4 members (excludes halogenated alkanes) is 8. The third kappa shape index (κ3) is 14.5. The summed E-state index contributed by atoms with van der Waals surface area (Å²) in [5.74, 6) is -1.66. The lowest BCUT2D eigenvalue weighted by atomic mass is 9.86. The van der Waals surface area contributed by atoms with Crippen molar-refractivity contribution in [2.45, 2.75) is 103 Å². The Balaban J connectivity index is 2.57. The van der Waals surface area contributed by atoms with Crippen LogP contribution in [0.5, 0.6) is 0 Å². The van der Waals surface area contributed by atoms with Gasteiger partial charge in [0, 0.05) is 24.7 Å². The molecule has 2 unspecified atom stereocenters. The number of benzene rings is 1. The molecule has 0 saturated heterocycles. The first kappa shape index (κ1) is 31.1. The number of amides is 4. The molecule has 0 spiro atoms. The van der Waals surface area contributed by atoms with Gasteiger partial charge in [0.1, 0.15) is 0 Å². The third-order valence-electron chi connectivity index (χ3n) is 6.81. The molecule has 202 valence electrons. The SMILES string of the molecule is NC(=O)CCCCCCCC(Cc1ccccc1CC(CCCCCCCC(N)=O)C(N)=O)C(N)=O. The highest BCUT2D eigenvalue weighted by atomic mass is 16.2. The van der Waals surface area contributed by atoms with Crippen LogP contribution in [0.15, 0.2) is 24.3 Å². The van der Waals surface area contributed by atoms with Gasteiger partial charge in [-0.3, -0.25) is 19.2 Å². The van der Waals surface area contributed by atoms with Gasteiger partial charge in [-0.1, -0.05) is 75.6 Å². The van der Waals surface area contributed by atoms with Crippen LogP contribution < -0.4 is 22.9 Å². The molecule has 36 heavy (non-hydrogen) atoms. The van der Waals surface area contributed by atoms with Crippen LogP contribution in [0.25, 0.3) is 0 Å². The molecule has 8 N–H and O–H groups in total. The first-order chi connectivity index (χ1) is 17.2. The lowest BCUT2D eigenvalue weighted by molar-refractivity contribution is -0.123. The highest BCUT2D eigenvalue weighted by Crippen LogP contribution is 2.23. The second-order valence-electron chi connectivity index (χ2n) is 9.92. The summed E-state index contributed by atoms with van der Waals surface area (Å²) in [6.07, 6.45) is 12.7. The van der Waals surface area contributed by atoms with Crippen LogP contribution >= 0.6 is 0 Å². The van der Waals surface area contributed by atoms with Crippen molar-refractivity contribution in [3.05, 3.63) is 35.4 Å². The molecule has 0 aliphatic rings. The van der Waals surface area contributed by atoms with Gasteiger partial charge in [0.05, 0.1) is 0 Å². The summed E-state index contributed by atoms with van der Waals surface area (Å²) in [5, 5.41) is 0. The van der Waals surface area contributed by atoms with Crippen LogP contribution in [0.2, 0.25) is 0 Å². The van der Waals surface area contributed by atoms with Gasteiger partial charge in [-0.25, -0.2) is 0 Å². The third-order valence-corrected chi connectivity index (χ3v) is 6.81. The molecule has 0 aliphatic carbocycles. The van der Waals surface area contributed by atoms with Gasteiger partial charge in [-0.2, -0.15) is 0 Å². The number of hydrogen-bond donors (Lipinski definition) is 4. The van der Waals surface area contributed by atoms with E-state index in [1.807, 2.05) is 24.3 Å². The van der Waals surface area contributed by atoms with Gasteiger partial charge in [0.2, 0.25) is 23.6 Å². The van der Waals surface area contributed by atoms with Gasteiger partial charge in [0.25, 0.3) is 0 Å². The molecule has 8 nitrogen and oxygen atoms in total. The van der Waals surface area contributed by atoms with E-state index in [0.717, 1.165) is 75.3 Å². The van der Waals surface area contributed by atoms with Crippen LogP contribution in [0.1, 0.15) is 101 Å². The first-order valence-corrected chi connectivity index (χ1v) is 13.4. The van der Waals surface area contributed by atoms with Crippen molar-refractivity contribution >= 4 is 23.6 Å². The Bertz CT molecular complexity index is 761. The topological polar surface area (TPSA) is 172 Å². The summed E-state index contributed by atoms with van der Waals surface area (Å²) in [6, 6.07) is 7.90. The maximum atomic E-state index is 12.1. The maximum absolute atomic E-state index is 12.1. The first-order valence-electron chi connectivity index (χ1n) is 13.4. The van der Waals surface area contributed by atoms with Crippen molar-refractivity contribution in [1.82, 2.24) is 0 Å². The molecule has 2 atom stereocenters. The molecule has 0 bridgehead atoms. The van der Waals surface area contributed by atoms with Gasteiger partial charge in [-0.05, 0) is 49.7 Å². The molecule has 0 heterocycles. The summed E-state index contributed by atoms with van der Waals surface area (Å²) in [4.78, 5) is 45.9. The van der Waals surface area contributed by atoms with Crippen molar-refractivity contribution in [2.75, 3.05) is 0 Å². The van der Waals surface area contributed by atoms with Crippen molar-refractivity contribution < 1.29 is 19.2 Å². The Hall–Kier alpha value is -2.90. The number of nitrogens with two attached hydrogens (primary N) is 4. The number of carbonyl (C=O) groups is 4. The molecule has 0 fully saturated rings. The average molecular weight is 503 g/mol. The normalized spacial score (nSPS) is 12.7. The monoisotopic (exact) mass is 502 g/mol. The molecule has 0 saturated carbocycles. The molecule has 4 amide bonds. The zero-order chi connectivity index (χ0) is 26.8. The molecular weight excluding hydrogens is 456 g/mol. The van der Waals surface area contributed by atoms with Crippen LogP contribution in [0.3, 0.4) is 0 Å². The Morgan fingerprint density at radius 1 is 0.528 bits per heavy atom. The molecule has 8 heteroatoms. The molecule has 1 rings (SSSR count). The summed E-state index contributed by atoms with van der Waals surface area (Å²) >= 11 is 0. The molecular formula is C28H46N4O4. The van der Waals surface area contributed by atoms with E-state index in [4.69, 9.17) is 22.9 Å². The van der Waals surface area contributed by atoms with Gasteiger partial charge >= 0.3 is 0 Å². The second kappa shape index (κ2) is 18.4. The van der Waals surface area contributed by atoms with E-state index < -0.39 is 0 Å². The van der Waals surface area contributed by atoms with Crippen molar-refractivity contribution in [2.24, 2.45) is 34.8 Å². The van der Waals surface area contributed by atoms with E-state index in [9.17, 15) is 19.2 Å². The second-order valence-corrected chi connectivity index (χ2v) is 9.92. The van der Waals surface area contributed by atoms with Crippen molar-refractivity contribution in [1.29, 1.82) is 0 Å². The van der Waals surface area contributed by atoms with E-state index in [1.54, 1.807) is 0 Å². The fourth-order valence-corrected chi connectivity index (χ4v) is 4.62. The summed E-state index contributed by atoms with van der Waals surface area (Å²) in [5.41, 5.74) is 23.9. The molecule has 1 aromatic carbocycles. The fraction of sp³-hybridized carbons (Fsp3) is 0.643. The Morgan fingerprint density at radius 2 is 0.861 bits per heavy atom. The number of hydrogen-bond acceptors (Lipinski definition) is 4. The fourth-order valence-electron chi connectivity index (χ4n) is 4.62.